The first-order valence-corrected chi connectivity index (χ1v) is 8.79. The molecule has 1 heterocycles. The van der Waals surface area contributed by atoms with Gasteiger partial charge in [0.05, 0.1) is 13.2 Å². The van der Waals surface area contributed by atoms with Crippen LogP contribution >= 0.6 is 0 Å². The molecule has 1 amide bonds. The number of benzene rings is 1. The van der Waals surface area contributed by atoms with Crippen LogP contribution in [0.5, 0.6) is 5.75 Å². The Bertz CT molecular complexity index is 652. The summed E-state index contributed by atoms with van der Waals surface area (Å²) in [5, 5.41) is 0. The molecule has 1 saturated heterocycles. The zero-order chi connectivity index (χ0) is 16.3. The monoisotopic (exact) mass is 326 g/mol. The quantitative estimate of drug-likeness (QED) is 0.885. The van der Waals surface area contributed by atoms with Gasteiger partial charge in [0.2, 0.25) is 15.9 Å². The van der Waals surface area contributed by atoms with E-state index in [0.717, 1.165) is 18.4 Å². The minimum absolute atomic E-state index is 0.0519. The van der Waals surface area contributed by atoms with Crippen LogP contribution in [-0.4, -0.2) is 45.5 Å². The van der Waals surface area contributed by atoms with Crippen molar-refractivity contribution in [1.29, 1.82) is 0 Å². The van der Waals surface area contributed by atoms with Gasteiger partial charge in [0.15, 0.2) is 0 Å². The molecular formula is C15H22N2O4S. The molecule has 6 nitrogen and oxygen atoms in total. The van der Waals surface area contributed by atoms with Crippen molar-refractivity contribution in [3.63, 3.8) is 0 Å². The van der Waals surface area contributed by atoms with Crippen LogP contribution in [0.25, 0.3) is 0 Å². The van der Waals surface area contributed by atoms with Gasteiger partial charge in [-0.25, -0.2) is 8.42 Å². The number of amides is 1. The van der Waals surface area contributed by atoms with Crippen LogP contribution in [0, 0.1) is 6.92 Å². The molecule has 0 radical (unpaired) electrons. The van der Waals surface area contributed by atoms with E-state index in [1.54, 1.807) is 30.9 Å². The Morgan fingerprint density at radius 2 is 1.95 bits per heavy atom. The van der Waals surface area contributed by atoms with E-state index >= 15 is 0 Å². The van der Waals surface area contributed by atoms with E-state index in [1.807, 2.05) is 0 Å². The van der Waals surface area contributed by atoms with Crippen LogP contribution in [0.4, 0.5) is 0 Å². The standard InChI is InChI=1S/C15H22N2O4S/c1-11-6-7-13(21-3)14(10-11)22(19,20)16-12(2)15(18)17-8-4-5-9-17/h6-7,10,12,16H,4-5,8-9H2,1-3H3/t12-/m0/s1. The topological polar surface area (TPSA) is 75.7 Å². The molecule has 122 valence electrons. The Labute approximate surface area is 131 Å². The van der Waals surface area contributed by atoms with Crippen LogP contribution in [0.15, 0.2) is 23.1 Å². The third kappa shape index (κ3) is 3.59. The second-order valence-electron chi connectivity index (χ2n) is 5.53. The molecule has 1 aromatic rings. The number of hydrogen-bond donors (Lipinski definition) is 1. The molecule has 2 rings (SSSR count). The van der Waals surface area contributed by atoms with Gasteiger partial charge in [0.25, 0.3) is 0 Å². The molecule has 0 saturated carbocycles. The van der Waals surface area contributed by atoms with Crippen LogP contribution in [0.3, 0.4) is 0 Å². The SMILES string of the molecule is COc1ccc(C)cc1S(=O)(=O)N[C@@H](C)C(=O)N1CCCC1. The zero-order valence-corrected chi connectivity index (χ0v) is 13.9. The van der Waals surface area contributed by atoms with Crippen molar-refractivity contribution in [2.24, 2.45) is 0 Å². The summed E-state index contributed by atoms with van der Waals surface area (Å²) in [6, 6.07) is 4.12. The van der Waals surface area contributed by atoms with E-state index in [-0.39, 0.29) is 16.6 Å². The van der Waals surface area contributed by atoms with Crippen LogP contribution in [0.2, 0.25) is 0 Å². The van der Waals surface area contributed by atoms with E-state index in [9.17, 15) is 13.2 Å². The zero-order valence-electron chi connectivity index (χ0n) is 13.1. The second-order valence-corrected chi connectivity index (χ2v) is 7.21. The first kappa shape index (κ1) is 16.8. The molecule has 7 heteroatoms. The Morgan fingerprint density at radius 3 is 2.55 bits per heavy atom. The minimum Gasteiger partial charge on any atom is -0.495 e. The van der Waals surface area contributed by atoms with Crippen molar-refractivity contribution in [3.05, 3.63) is 23.8 Å². The average molecular weight is 326 g/mol. The molecule has 22 heavy (non-hydrogen) atoms. The molecule has 1 atom stereocenters. The number of nitrogens with zero attached hydrogens (tertiary/aromatic N) is 1. The van der Waals surface area contributed by atoms with Gasteiger partial charge in [-0.15, -0.1) is 0 Å². The van der Waals surface area contributed by atoms with Gasteiger partial charge in [-0.3, -0.25) is 4.79 Å². The Kier molecular flexibility index (Phi) is 5.08. The lowest BCUT2D eigenvalue weighted by atomic mass is 10.2. The van der Waals surface area contributed by atoms with Crippen molar-refractivity contribution >= 4 is 15.9 Å². The fourth-order valence-corrected chi connectivity index (χ4v) is 4.00. The van der Waals surface area contributed by atoms with Crippen LogP contribution in [0.1, 0.15) is 25.3 Å². The van der Waals surface area contributed by atoms with Crippen LogP contribution in [-0.2, 0) is 14.8 Å². The fourth-order valence-electron chi connectivity index (χ4n) is 2.55. The highest BCUT2D eigenvalue weighted by Gasteiger charge is 2.28. The molecule has 1 N–H and O–H groups in total. The first-order valence-electron chi connectivity index (χ1n) is 7.31. The van der Waals surface area contributed by atoms with E-state index in [1.165, 1.54) is 13.2 Å². The summed E-state index contributed by atoms with van der Waals surface area (Å²) in [7, 11) is -2.40. The van der Waals surface area contributed by atoms with Crippen molar-refractivity contribution in [3.8, 4) is 5.75 Å². The maximum atomic E-state index is 12.5. The molecule has 1 aromatic carbocycles. The number of sulfonamides is 1. The Morgan fingerprint density at radius 1 is 1.32 bits per heavy atom. The highest BCUT2D eigenvalue weighted by molar-refractivity contribution is 7.89. The minimum atomic E-state index is -3.82. The molecule has 1 aliphatic rings. The number of likely N-dealkylation sites (tertiary alicyclic amines) is 1. The lowest BCUT2D eigenvalue weighted by Gasteiger charge is -2.21. The first-order chi connectivity index (χ1) is 10.3. The molecular weight excluding hydrogens is 304 g/mol. The summed E-state index contributed by atoms with van der Waals surface area (Å²) in [4.78, 5) is 14.0. The number of rotatable bonds is 5. The highest BCUT2D eigenvalue weighted by atomic mass is 32.2. The Balaban J connectivity index is 2.20. The number of methoxy groups -OCH3 is 1. The van der Waals surface area contributed by atoms with Gasteiger partial charge >= 0.3 is 0 Å². The summed E-state index contributed by atoms with van der Waals surface area (Å²) in [6.45, 7) is 4.76. The van der Waals surface area contributed by atoms with Gasteiger partial charge in [-0.05, 0) is 44.4 Å². The maximum absolute atomic E-state index is 12.5. The second kappa shape index (κ2) is 6.66. The van der Waals surface area contributed by atoms with Gasteiger partial charge < -0.3 is 9.64 Å². The number of hydrogen-bond acceptors (Lipinski definition) is 4. The predicted octanol–water partition coefficient (Wildman–Crippen LogP) is 1.29. The summed E-state index contributed by atoms with van der Waals surface area (Å²) >= 11 is 0. The van der Waals surface area contributed by atoms with Gasteiger partial charge in [0.1, 0.15) is 10.6 Å². The van der Waals surface area contributed by atoms with E-state index < -0.39 is 16.1 Å². The number of nitrogens with one attached hydrogen (secondary N) is 1. The predicted molar refractivity (Wildman–Crippen MR) is 83.3 cm³/mol. The van der Waals surface area contributed by atoms with E-state index in [2.05, 4.69) is 4.72 Å². The molecule has 0 aliphatic carbocycles. The summed E-state index contributed by atoms with van der Waals surface area (Å²) in [5.74, 6) is 0.0756. The third-order valence-electron chi connectivity index (χ3n) is 3.73. The van der Waals surface area contributed by atoms with Crippen molar-refractivity contribution < 1.29 is 17.9 Å². The van der Waals surface area contributed by atoms with Gasteiger partial charge in [0, 0.05) is 13.1 Å². The lowest BCUT2D eigenvalue weighted by Crippen LogP contribution is -2.45. The number of carbonyl (C=O) groups excluding carboxylic acids is 1. The number of ether oxygens (including phenoxy) is 1. The summed E-state index contributed by atoms with van der Waals surface area (Å²) in [6.07, 6.45) is 1.94. The normalized spacial score (nSPS) is 16.6. The largest absolute Gasteiger partial charge is 0.495 e. The molecule has 1 aliphatic heterocycles. The summed E-state index contributed by atoms with van der Waals surface area (Å²) < 4.78 is 32.6. The number of carbonyl (C=O) groups is 1. The maximum Gasteiger partial charge on any atom is 0.244 e. The van der Waals surface area contributed by atoms with Gasteiger partial charge in [-0.2, -0.15) is 4.72 Å². The van der Waals surface area contributed by atoms with Crippen LogP contribution < -0.4 is 9.46 Å². The highest BCUT2D eigenvalue weighted by Crippen LogP contribution is 2.25. The third-order valence-corrected chi connectivity index (χ3v) is 5.29. The smallest absolute Gasteiger partial charge is 0.244 e. The molecule has 0 spiro atoms. The van der Waals surface area contributed by atoms with E-state index in [4.69, 9.17) is 4.74 Å². The molecule has 0 aromatic heterocycles. The van der Waals surface area contributed by atoms with E-state index in [0.29, 0.717) is 13.1 Å². The van der Waals surface area contributed by atoms with Crippen molar-refractivity contribution in [1.82, 2.24) is 9.62 Å². The lowest BCUT2D eigenvalue weighted by molar-refractivity contribution is -0.131. The number of aryl methyl sites for hydroxylation is 1. The Hall–Kier alpha value is -1.60. The summed E-state index contributed by atoms with van der Waals surface area (Å²) in [5.41, 5.74) is 0.805. The van der Waals surface area contributed by atoms with Gasteiger partial charge in [-0.1, -0.05) is 6.07 Å². The fraction of sp³-hybridized carbons (Fsp3) is 0.533. The molecule has 1 fully saturated rings. The molecule has 0 unspecified atom stereocenters. The molecule has 0 bridgehead atoms. The van der Waals surface area contributed by atoms with Crippen molar-refractivity contribution in [2.75, 3.05) is 20.2 Å². The van der Waals surface area contributed by atoms with Crippen molar-refractivity contribution in [2.45, 2.75) is 37.6 Å². The average Bonchev–Trinajstić information content (AvgIpc) is 3.00.